The van der Waals surface area contributed by atoms with Crippen LogP contribution in [0.5, 0.6) is 0 Å². The van der Waals surface area contributed by atoms with E-state index in [4.69, 9.17) is 5.10 Å². The molecule has 172 valence electrons. The fraction of sp³-hybridized carbons (Fsp3) is 0.321. The van der Waals surface area contributed by atoms with Gasteiger partial charge in [-0.25, -0.2) is 4.98 Å². The van der Waals surface area contributed by atoms with Gasteiger partial charge in [-0.3, -0.25) is 0 Å². The van der Waals surface area contributed by atoms with Crippen molar-refractivity contribution in [2.45, 2.75) is 25.4 Å². The van der Waals surface area contributed by atoms with Crippen LogP contribution in [0.3, 0.4) is 0 Å². The third-order valence-corrected chi connectivity index (χ3v) is 7.04. The molecule has 4 aromatic rings. The molecule has 34 heavy (non-hydrogen) atoms. The van der Waals surface area contributed by atoms with Gasteiger partial charge < -0.3 is 14.9 Å². The Balaban J connectivity index is 1.18. The number of hydrogen-bond donors (Lipinski definition) is 1. The number of aromatic nitrogens is 3. The minimum atomic E-state index is -0.366. The SMILES string of the molecule is OC(c1ccc(N2CCN(c3nnc(Cc4ccccc4)c4ccccc34)CC2)nc1)C1CC1. The summed E-state index contributed by atoms with van der Waals surface area (Å²) in [5.74, 6) is 2.36. The molecule has 1 unspecified atom stereocenters. The van der Waals surface area contributed by atoms with Crippen molar-refractivity contribution in [3.8, 4) is 0 Å². The predicted octanol–water partition coefficient (Wildman–Crippen LogP) is 4.39. The molecule has 1 aliphatic heterocycles. The first-order valence-electron chi connectivity index (χ1n) is 12.2. The van der Waals surface area contributed by atoms with Gasteiger partial charge in [-0.15, -0.1) is 5.10 Å². The zero-order chi connectivity index (χ0) is 22.9. The molecule has 6 heteroatoms. The van der Waals surface area contributed by atoms with Crippen molar-refractivity contribution in [3.05, 3.63) is 89.7 Å². The Labute approximate surface area is 199 Å². The van der Waals surface area contributed by atoms with Crippen LogP contribution in [-0.4, -0.2) is 46.5 Å². The van der Waals surface area contributed by atoms with E-state index in [1.54, 1.807) is 0 Å². The highest BCUT2D eigenvalue weighted by molar-refractivity contribution is 5.93. The predicted molar refractivity (Wildman–Crippen MR) is 135 cm³/mol. The van der Waals surface area contributed by atoms with Crippen LogP contribution in [0.2, 0.25) is 0 Å². The van der Waals surface area contributed by atoms with Crippen LogP contribution < -0.4 is 9.80 Å². The third-order valence-electron chi connectivity index (χ3n) is 7.04. The largest absolute Gasteiger partial charge is 0.388 e. The second kappa shape index (κ2) is 9.03. The number of aliphatic hydroxyl groups excluding tert-OH is 1. The molecule has 6 nitrogen and oxygen atoms in total. The first-order valence-corrected chi connectivity index (χ1v) is 12.2. The molecular weight excluding hydrogens is 422 g/mol. The summed E-state index contributed by atoms with van der Waals surface area (Å²) in [4.78, 5) is 9.30. The van der Waals surface area contributed by atoms with Crippen LogP contribution in [0.25, 0.3) is 10.8 Å². The first kappa shape index (κ1) is 21.1. The van der Waals surface area contributed by atoms with Crippen molar-refractivity contribution in [2.24, 2.45) is 5.92 Å². The van der Waals surface area contributed by atoms with Crippen LogP contribution >= 0.6 is 0 Å². The smallest absolute Gasteiger partial charge is 0.159 e. The van der Waals surface area contributed by atoms with Crippen LogP contribution in [0, 0.1) is 5.92 Å². The van der Waals surface area contributed by atoms with E-state index in [-0.39, 0.29) is 6.10 Å². The van der Waals surface area contributed by atoms with Gasteiger partial charge in [-0.2, -0.15) is 5.10 Å². The van der Waals surface area contributed by atoms with Gasteiger partial charge in [0.2, 0.25) is 0 Å². The molecule has 6 rings (SSSR count). The second-order valence-corrected chi connectivity index (χ2v) is 9.38. The molecule has 0 spiro atoms. The number of fused-ring (bicyclic) bond motifs is 1. The number of piperazine rings is 1. The van der Waals surface area contributed by atoms with Crippen LogP contribution in [0.15, 0.2) is 72.9 Å². The molecule has 1 saturated carbocycles. The van der Waals surface area contributed by atoms with Crippen molar-refractivity contribution >= 4 is 22.4 Å². The highest BCUT2D eigenvalue weighted by Gasteiger charge is 2.31. The van der Waals surface area contributed by atoms with E-state index < -0.39 is 0 Å². The quantitative estimate of drug-likeness (QED) is 0.469. The van der Waals surface area contributed by atoms with E-state index >= 15 is 0 Å². The lowest BCUT2D eigenvalue weighted by Gasteiger charge is -2.36. The fourth-order valence-electron chi connectivity index (χ4n) is 4.89. The van der Waals surface area contributed by atoms with E-state index in [0.717, 1.165) is 73.7 Å². The van der Waals surface area contributed by atoms with Gasteiger partial charge in [0.05, 0.1) is 11.8 Å². The minimum absolute atomic E-state index is 0.366. The molecule has 1 N–H and O–H groups in total. The van der Waals surface area contributed by atoms with E-state index in [9.17, 15) is 5.11 Å². The molecule has 0 amide bonds. The number of aliphatic hydroxyl groups is 1. The van der Waals surface area contributed by atoms with Gasteiger partial charge in [-0.05, 0) is 36.0 Å². The van der Waals surface area contributed by atoms with Gasteiger partial charge in [0.25, 0.3) is 0 Å². The Morgan fingerprint density at radius 2 is 1.50 bits per heavy atom. The van der Waals surface area contributed by atoms with E-state index in [1.165, 1.54) is 10.9 Å². The van der Waals surface area contributed by atoms with E-state index in [0.29, 0.717) is 5.92 Å². The molecule has 0 bridgehead atoms. The number of rotatable bonds is 6. The molecule has 2 aliphatic rings. The molecule has 2 fully saturated rings. The molecule has 3 heterocycles. The molecule has 1 atom stereocenters. The Kier molecular flexibility index (Phi) is 5.59. The zero-order valence-electron chi connectivity index (χ0n) is 19.2. The van der Waals surface area contributed by atoms with Crippen molar-refractivity contribution in [2.75, 3.05) is 36.0 Å². The Bertz CT molecular complexity index is 1270. The maximum Gasteiger partial charge on any atom is 0.159 e. The lowest BCUT2D eigenvalue weighted by Crippen LogP contribution is -2.47. The van der Waals surface area contributed by atoms with Crippen LogP contribution in [-0.2, 0) is 6.42 Å². The summed E-state index contributed by atoms with van der Waals surface area (Å²) in [5, 5.41) is 22.0. The highest BCUT2D eigenvalue weighted by atomic mass is 16.3. The summed E-state index contributed by atoms with van der Waals surface area (Å²) >= 11 is 0. The number of anilines is 2. The summed E-state index contributed by atoms with van der Waals surface area (Å²) in [6.45, 7) is 3.48. The summed E-state index contributed by atoms with van der Waals surface area (Å²) in [7, 11) is 0. The van der Waals surface area contributed by atoms with Gasteiger partial charge in [-0.1, -0.05) is 60.7 Å². The number of hydrogen-bond acceptors (Lipinski definition) is 6. The summed E-state index contributed by atoms with van der Waals surface area (Å²) < 4.78 is 0. The highest BCUT2D eigenvalue weighted by Crippen LogP contribution is 2.40. The minimum Gasteiger partial charge on any atom is -0.388 e. The van der Waals surface area contributed by atoms with Crippen molar-refractivity contribution < 1.29 is 5.11 Å². The monoisotopic (exact) mass is 451 g/mol. The van der Waals surface area contributed by atoms with E-state index in [2.05, 4.69) is 68.4 Å². The van der Waals surface area contributed by atoms with Gasteiger partial charge in [0.1, 0.15) is 5.82 Å². The lowest BCUT2D eigenvalue weighted by atomic mass is 10.0. The van der Waals surface area contributed by atoms with Crippen LogP contribution in [0.4, 0.5) is 11.6 Å². The topological polar surface area (TPSA) is 65.4 Å². The molecule has 2 aromatic carbocycles. The number of nitrogens with zero attached hydrogens (tertiary/aromatic N) is 5. The molecule has 2 aromatic heterocycles. The van der Waals surface area contributed by atoms with Gasteiger partial charge >= 0.3 is 0 Å². The Hall–Kier alpha value is -3.51. The van der Waals surface area contributed by atoms with Gasteiger partial charge in [0, 0.05) is 49.6 Å². The third kappa shape index (κ3) is 4.21. The molecule has 1 aliphatic carbocycles. The summed E-state index contributed by atoms with van der Waals surface area (Å²) in [6, 6.07) is 23.0. The molecule has 0 radical (unpaired) electrons. The fourth-order valence-corrected chi connectivity index (χ4v) is 4.89. The average molecular weight is 452 g/mol. The lowest BCUT2D eigenvalue weighted by molar-refractivity contribution is 0.153. The Morgan fingerprint density at radius 3 is 2.21 bits per heavy atom. The standard InChI is InChI=1S/C28H29N5O/c34-27(21-10-11-21)22-12-13-26(29-19-22)32-14-16-33(17-15-32)28-24-9-5-4-8-23(24)25(30-31-28)18-20-6-2-1-3-7-20/h1-9,12-13,19,21,27,34H,10-11,14-18H2. The van der Waals surface area contributed by atoms with Crippen LogP contribution in [0.1, 0.15) is 35.8 Å². The maximum absolute atomic E-state index is 10.3. The maximum atomic E-state index is 10.3. The zero-order valence-corrected chi connectivity index (χ0v) is 19.2. The number of benzene rings is 2. The summed E-state index contributed by atoms with van der Waals surface area (Å²) in [6.07, 6.45) is 4.50. The second-order valence-electron chi connectivity index (χ2n) is 9.38. The molecular formula is C28H29N5O. The van der Waals surface area contributed by atoms with Gasteiger partial charge in [0.15, 0.2) is 5.82 Å². The van der Waals surface area contributed by atoms with Crippen molar-refractivity contribution in [3.63, 3.8) is 0 Å². The van der Waals surface area contributed by atoms with Crippen molar-refractivity contribution in [1.29, 1.82) is 0 Å². The molecule has 1 saturated heterocycles. The van der Waals surface area contributed by atoms with Crippen molar-refractivity contribution in [1.82, 2.24) is 15.2 Å². The normalized spacial score (nSPS) is 17.2. The van der Waals surface area contributed by atoms with E-state index in [1.807, 2.05) is 24.4 Å². The summed E-state index contributed by atoms with van der Waals surface area (Å²) in [5.41, 5.74) is 3.19. The first-order chi connectivity index (χ1) is 16.8. The average Bonchev–Trinajstić information content (AvgIpc) is 3.75. The number of pyridine rings is 1. The Morgan fingerprint density at radius 1 is 0.794 bits per heavy atom.